The molecule has 0 fully saturated rings. The van der Waals surface area contributed by atoms with Gasteiger partial charge in [-0.2, -0.15) is 0 Å². The Morgan fingerprint density at radius 1 is 1.26 bits per heavy atom. The number of hydrogen-bond acceptors (Lipinski definition) is 2. The Kier molecular flexibility index (Phi) is 5.85. The molecule has 1 aromatic carbocycles. The molecule has 0 saturated carbocycles. The highest BCUT2D eigenvalue weighted by atomic mass is 16.4. The molecule has 0 bridgehead atoms. The number of hydrogen-bond donors (Lipinski definition) is 3. The highest BCUT2D eigenvalue weighted by Gasteiger charge is 2.09. The Bertz CT molecular complexity index is 429. The van der Waals surface area contributed by atoms with Crippen molar-refractivity contribution >= 4 is 12.0 Å². The summed E-state index contributed by atoms with van der Waals surface area (Å²) in [5.41, 5.74) is 2.27. The van der Waals surface area contributed by atoms with Crippen LogP contribution in [-0.4, -0.2) is 23.7 Å². The second-order valence-electron chi connectivity index (χ2n) is 4.36. The van der Waals surface area contributed by atoms with Gasteiger partial charge >= 0.3 is 12.0 Å². The van der Waals surface area contributed by atoms with Crippen LogP contribution in [0.1, 0.15) is 37.4 Å². The minimum absolute atomic E-state index is 0.0764. The standard InChI is InChI=1S/C14H20N2O3/c1-3-11-4-6-12(7-5-11)10(2)16-14(19)15-9-8-13(17)18/h4-7,10H,3,8-9H2,1-2H3,(H,17,18)(H2,15,16,19). The van der Waals surface area contributed by atoms with Crippen LogP contribution in [0, 0.1) is 0 Å². The fraction of sp³-hybridized carbons (Fsp3) is 0.429. The van der Waals surface area contributed by atoms with E-state index in [9.17, 15) is 9.59 Å². The van der Waals surface area contributed by atoms with Crippen LogP contribution in [0.3, 0.4) is 0 Å². The van der Waals surface area contributed by atoms with Gasteiger partial charge in [-0.1, -0.05) is 31.2 Å². The van der Waals surface area contributed by atoms with Gasteiger partial charge in [-0.3, -0.25) is 4.79 Å². The summed E-state index contributed by atoms with van der Waals surface area (Å²) in [5, 5.41) is 13.7. The molecule has 5 nitrogen and oxygen atoms in total. The van der Waals surface area contributed by atoms with E-state index in [2.05, 4.69) is 17.6 Å². The van der Waals surface area contributed by atoms with Crippen molar-refractivity contribution in [1.82, 2.24) is 10.6 Å². The van der Waals surface area contributed by atoms with Crippen molar-refractivity contribution in [2.75, 3.05) is 6.54 Å². The van der Waals surface area contributed by atoms with Crippen molar-refractivity contribution in [2.45, 2.75) is 32.7 Å². The molecule has 2 amide bonds. The van der Waals surface area contributed by atoms with Crippen molar-refractivity contribution in [3.05, 3.63) is 35.4 Å². The number of carboxylic acids is 1. The first-order chi connectivity index (χ1) is 9.02. The van der Waals surface area contributed by atoms with Gasteiger partial charge < -0.3 is 15.7 Å². The van der Waals surface area contributed by atoms with Gasteiger partial charge in [0.1, 0.15) is 0 Å². The van der Waals surface area contributed by atoms with Crippen LogP contribution < -0.4 is 10.6 Å². The summed E-state index contributed by atoms with van der Waals surface area (Å²) < 4.78 is 0. The van der Waals surface area contributed by atoms with Crippen LogP contribution in [0.5, 0.6) is 0 Å². The summed E-state index contributed by atoms with van der Waals surface area (Å²) in [6.07, 6.45) is 0.908. The lowest BCUT2D eigenvalue weighted by Crippen LogP contribution is -2.38. The fourth-order valence-corrected chi connectivity index (χ4v) is 1.66. The van der Waals surface area contributed by atoms with E-state index in [1.165, 1.54) is 5.56 Å². The SMILES string of the molecule is CCc1ccc(C(C)NC(=O)NCCC(=O)O)cc1. The molecule has 5 heteroatoms. The van der Waals surface area contributed by atoms with Crippen LogP contribution in [0.4, 0.5) is 4.79 Å². The first kappa shape index (κ1) is 15.0. The Labute approximate surface area is 113 Å². The Morgan fingerprint density at radius 3 is 2.42 bits per heavy atom. The molecule has 1 aromatic rings. The predicted molar refractivity (Wildman–Crippen MR) is 73.0 cm³/mol. The third-order valence-corrected chi connectivity index (χ3v) is 2.86. The van der Waals surface area contributed by atoms with Crippen molar-refractivity contribution in [3.63, 3.8) is 0 Å². The maximum absolute atomic E-state index is 11.5. The number of urea groups is 1. The zero-order chi connectivity index (χ0) is 14.3. The summed E-state index contributed by atoms with van der Waals surface area (Å²) >= 11 is 0. The molecule has 0 aliphatic carbocycles. The van der Waals surface area contributed by atoms with Crippen LogP contribution >= 0.6 is 0 Å². The van der Waals surface area contributed by atoms with Crippen molar-refractivity contribution in [2.24, 2.45) is 0 Å². The highest BCUT2D eigenvalue weighted by molar-refractivity contribution is 5.75. The Balaban J connectivity index is 2.42. The number of aryl methyl sites for hydroxylation is 1. The van der Waals surface area contributed by atoms with Gasteiger partial charge in [-0.15, -0.1) is 0 Å². The molecule has 0 aliphatic rings. The number of carbonyl (C=O) groups excluding carboxylic acids is 1. The molecule has 3 N–H and O–H groups in total. The lowest BCUT2D eigenvalue weighted by atomic mass is 10.1. The summed E-state index contributed by atoms with van der Waals surface area (Å²) in [5.74, 6) is -0.927. The molecular weight excluding hydrogens is 244 g/mol. The maximum atomic E-state index is 11.5. The zero-order valence-electron chi connectivity index (χ0n) is 11.3. The van der Waals surface area contributed by atoms with Gasteiger partial charge in [-0.25, -0.2) is 4.79 Å². The van der Waals surface area contributed by atoms with E-state index in [-0.39, 0.29) is 25.0 Å². The van der Waals surface area contributed by atoms with E-state index in [4.69, 9.17) is 5.11 Å². The number of aliphatic carboxylic acids is 1. The smallest absolute Gasteiger partial charge is 0.315 e. The van der Waals surface area contributed by atoms with Gasteiger partial charge in [0.2, 0.25) is 0 Å². The van der Waals surface area contributed by atoms with Crippen LogP contribution in [0.25, 0.3) is 0 Å². The van der Waals surface area contributed by atoms with Crippen LogP contribution in [0.15, 0.2) is 24.3 Å². The van der Waals surface area contributed by atoms with Crippen molar-refractivity contribution in [3.8, 4) is 0 Å². The number of rotatable bonds is 6. The summed E-state index contributed by atoms with van der Waals surface area (Å²) in [4.78, 5) is 21.8. The summed E-state index contributed by atoms with van der Waals surface area (Å²) in [6.45, 7) is 4.10. The third-order valence-electron chi connectivity index (χ3n) is 2.86. The molecule has 104 valence electrons. The largest absolute Gasteiger partial charge is 0.481 e. The van der Waals surface area contributed by atoms with E-state index >= 15 is 0 Å². The second kappa shape index (κ2) is 7.41. The Hall–Kier alpha value is -2.04. The first-order valence-corrected chi connectivity index (χ1v) is 6.38. The van der Waals surface area contributed by atoms with Gasteiger partial charge in [0, 0.05) is 6.54 Å². The predicted octanol–water partition coefficient (Wildman–Crippen LogP) is 2.08. The molecule has 1 atom stereocenters. The van der Waals surface area contributed by atoms with E-state index in [0.717, 1.165) is 12.0 Å². The van der Waals surface area contributed by atoms with E-state index in [1.807, 2.05) is 31.2 Å². The van der Waals surface area contributed by atoms with Crippen molar-refractivity contribution < 1.29 is 14.7 Å². The third kappa shape index (κ3) is 5.42. The average molecular weight is 264 g/mol. The molecule has 1 rings (SSSR count). The minimum atomic E-state index is -0.927. The lowest BCUT2D eigenvalue weighted by Gasteiger charge is -2.15. The molecule has 19 heavy (non-hydrogen) atoms. The number of amides is 2. The van der Waals surface area contributed by atoms with E-state index < -0.39 is 5.97 Å². The first-order valence-electron chi connectivity index (χ1n) is 6.38. The molecule has 0 heterocycles. The monoisotopic (exact) mass is 264 g/mol. The van der Waals surface area contributed by atoms with Gasteiger partial charge in [-0.05, 0) is 24.5 Å². The van der Waals surface area contributed by atoms with Crippen LogP contribution in [-0.2, 0) is 11.2 Å². The second-order valence-corrected chi connectivity index (χ2v) is 4.36. The zero-order valence-corrected chi connectivity index (χ0v) is 11.3. The number of nitrogens with one attached hydrogen (secondary N) is 2. The lowest BCUT2D eigenvalue weighted by molar-refractivity contribution is -0.136. The molecule has 0 spiro atoms. The molecule has 0 aliphatic heterocycles. The number of carboxylic acid groups (broad SMARTS) is 1. The van der Waals surface area contributed by atoms with E-state index in [0.29, 0.717) is 0 Å². The topological polar surface area (TPSA) is 78.4 Å². The Morgan fingerprint density at radius 2 is 1.89 bits per heavy atom. The normalized spacial score (nSPS) is 11.7. The molecular formula is C14H20N2O3. The van der Waals surface area contributed by atoms with Crippen LogP contribution in [0.2, 0.25) is 0 Å². The quantitative estimate of drug-likeness (QED) is 0.736. The van der Waals surface area contributed by atoms with Gasteiger partial charge in [0.25, 0.3) is 0 Å². The maximum Gasteiger partial charge on any atom is 0.315 e. The van der Waals surface area contributed by atoms with Gasteiger partial charge in [0.15, 0.2) is 0 Å². The average Bonchev–Trinajstić information content (AvgIpc) is 2.38. The molecule has 1 unspecified atom stereocenters. The van der Waals surface area contributed by atoms with E-state index in [1.54, 1.807) is 0 Å². The minimum Gasteiger partial charge on any atom is -0.481 e. The highest BCUT2D eigenvalue weighted by Crippen LogP contribution is 2.13. The summed E-state index contributed by atoms with van der Waals surface area (Å²) in [6, 6.07) is 7.58. The molecule has 0 radical (unpaired) electrons. The molecule has 0 saturated heterocycles. The van der Waals surface area contributed by atoms with Gasteiger partial charge in [0.05, 0.1) is 12.5 Å². The number of benzene rings is 1. The number of carbonyl (C=O) groups is 2. The molecule has 0 aromatic heterocycles. The summed E-state index contributed by atoms with van der Waals surface area (Å²) in [7, 11) is 0. The van der Waals surface area contributed by atoms with Crippen molar-refractivity contribution in [1.29, 1.82) is 0 Å². The fourth-order valence-electron chi connectivity index (χ4n) is 1.66.